The van der Waals surface area contributed by atoms with Crippen molar-refractivity contribution in [1.82, 2.24) is 15.1 Å². The van der Waals surface area contributed by atoms with Gasteiger partial charge in [-0.1, -0.05) is 20.8 Å². The molecule has 0 aliphatic heterocycles. The summed E-state index contributed by atoms with van der Waals surface area (Å²) >= 11 is 0. The molecule has 1 aliphatic rings. The zero-order valence-corrected chi connectivity index (χ0v) is 13.1. The van der Waals surface area contributed by atoms with Gasteiger partial charge in [-0.25, -0.2) is 0 Å². The number of nitrogens with one attached hydrogen (secondary N) is 1. The second-order valence-corrected chi connectivity index (χ2v) is 6.79. The first-order valence-corrected chi connectivity index (χ1v) is 7.56. The maximum absolute atomic E-state index is 12.3. The van der Waals surface area contributed by atoms with Crippen LogP contribution in [0.25, 0.3) is 0 Å². The summed E-state index contributed by atoms with van der Waals surface area (Å²) in [5.41, 5.74) is 7.93. The molecule has 1 aromatic heterocycles. The lowest BCUT2D eigenvalue weighted by atomic mass is 9.86. The van der Waals surface area contributed by atoms with E-state index < -0.39 is 6.04 Å². The van der Waals surface area contributed by atoms with E-state index in [0.29, 0.717) is 6.54 Å². The van der Waals surface area contributed by atoms with Crippen molar-refractivity contribution in [3.05, 3.63) is 17.5 Å². The molecule has 1 aromatic rings. The van der Waals surface area contributed by atoms with Crippen molar-refractivity contribution in [2.45, 2.75) is 58.7 Å². The first-order valence-electron chi connectivity index (χ1n) is 7.56. The Kier molecular flexibility index (Phi) is 4.68. The average Bonchev–Trinajstić information content (AvgIpc) is 2.82. The Hall–Kier alpha value is -1.40. The Morgan fingerprint density at radius 2 is 2.33 bits per heavy atom. The minimum atomic E-state index is -0.532. The summed E-state index contributed by atoms with van der Waals surface area (Å²) in [6.07, 6.45) is 4.64. The van der Waals surface area contributed by atoms with E-state index >= 15 is 0 Å². The van der Waals surface area contributed by atoms with Crippen LogP contribution in [-0.2, 0) is 17.8 Å². The second-order valence-electron chi connectivity index (χ2n) is 6.79. The fourth-order valence-electron chi connectivity index (χ4n) is 2.71. The lowest BCUT2D eigenvalue weighted by Gasteiger charge is -2.30. The number of aromatic nitrogens is 2. The van der Waals surface area contributed by atoms with E-state index in [1.165, 1.54) is 0 Å². The summed E-state index contributed by atoms with van der Waals surface area (Å²) < 4.78 is 1.83. The Morgan fingerprint density at radius 3 is 2.95 bits per heavy atom. The molecule has 2 atom stereocenters. The molecule has 0 radical (unpaired) electrons. The Balaban J connectivity index is 2.12. The molecule has 2 rings (SSSR count). The van der Waals surface area contributed by atoms with E-state index in [0.717, 1.165) is 30.5 Å². The van der Waals surface area contributed by atoms with Gasteiger partial charge >= 0.3 is 0 Å². The van der Waals surface area contributed by atoms with Crippen LogP contribution in [0.1, 0.15) is 50.9 Å². The third-order valence-electron chi connectivity index (χ3n) is 4.11. The van der Waals surface area contributed by atoms with E-state index in [1.807, 2.05) is 25.5 Å². The molecule has 118 valence electrons. The molecular formula is C15H26N4O2. The largest absolute Gasteiger partial charge is 0.394 e. The molecule has 0 saturated heterocycles. The van der Waals surface area contributed by atoms with E-state index in [9.17, 15) is 4.79 Å². The molecule has 1 heterocycles. The number of amides is 1. The van der Waals surface area contributed by atoms with Gasteiger partial charge in [0.25, 0.3) is 0 Å². The number of nitrogens with two attached hydrogens (primary N) is 1. The van der Waals surface area contributed by atoms with Crippen molar-refractivity contribution in [2.75, 3.05) is 6.61 Å². The van der Waals surface area contributed by atoms with Crippen molar-refractivity contribution in [2.24, 2.45) is 11.1 Å². The van der Waals surface area contributed by atoms with Crippen LogP contribution in [0.4, 0.5) is 0 Å². The van der Waals surface area contributed by atoms with Crippen LogP contribution < -0.4 is 11.1 Å². The molecule has 4 N–H and O–H groups in total. The van der Waals surface area contributed by atoms with Crippen molar-refractivity contribution in [3.63, 3.8) is 0 Å². The van der Waals surface area contributed by atoms with Gasteiger partial charge < -0.3 is 16.2 Å². The predicted molar refractivity (Wildman–Crippen MR) is 80.6 cm³/mol. The molecule has 0 saturated carbocycles. The van der Waals surface area contributed by atoms with Crippen LogP contribution in [0.5, 0.6) is 0 Å². The minimum Gasteiger partial charge on any atom is -0.394 e. The monoisotopic (exact) mass is 294 g/mol. The van der Waals surface area contributed by atoms with Gasteiger partial charge in [0.1, 0.15) is 0 Å². The number of hydrogen-bond acceptors (Lipinski definition) is 4. The predicted octanol–water partition coefficient (Wildman–Crippen LogP) is 0.742. The molecule has 0 bridgehead atoms. The quantitative estimate of drug-likeness (QED) is 0.763. The summed E-state index contributed by atoms with van der Waals surface area (Å²) in [6, 6.07) is -0.558. The van der Waals surface area contributed by atoms with Crippen molar-refractivity contribution in [1.29, 1.82) is 0 Å². The van der Waals surface area contributed by atoms with Crippen LogP contribution in [-0.4, -0.2) is 33.4 Å². The van der Waals surface area contributed by atoms with E-state index in [-0.39, 0.29) is 24.0 Å². The van der Waals surface area contributed by atoms with Crippen molar-refractivity contribution in [3.8, 4) is 0 Å². The van der Waals surface area contributed by atoms with Gasteiger partial charge in [-0.2, -0.15) is 5.10 Å². The van der Waals surface area contributed by atoms with Gasteiger partial charge in [-0.05, 0) is 24.7 Å². The van der Waals surface area contributed by atoms with Crippen molar-refractivity contribution >= 4 is 5.91 Å². The molecular weight excluding hydrogens is 268 g/mol. The molecule has 0 aromatic carbocycles. The summed E-state index contributed by atoms with van der Waals surface area (Å²) in [5, 5.41) is 16.4. The highest BCUT2D eigenvalue weighted by molar-refractivity contribution is 5.82. The van der Waals surface area contributed by atoms with Crippen LogP contribution in [0.2, 0.25) is 0 Å². The van der Waals surface area contributed by atoms with Gasteiger partial charge in [0.2, 0.25) is 5.91 Å². The van der Waals surface area contributed by atoms with Crippen LogP contribution in [0.3, 0.4) is 0 Å². The first kappa shape index (κ1) is 16.0. The summed E-state index contributed by atoms with van der Waals surface area (Å²) in [6.45, 7) is 6.45. The molecule has 6 nitrogen and oxygen atoms in total. The molecule has 1 amide bonds. The van der Waals surface area contributed by atoms with Gasteiger partial charge in [0, 0.05) is 11.3 Å². The molecule has 0 spiro atoms. The fraction of sp³-hybridized carbons (Fsp3) is 0.733. The summed E-state index contributed by atoms with van der Waals surface area (Å²) in [5.74, 6) is -0.116. The Labute approximate surface area is 125 Å². The number of aliphatic hydroxyl groups excluding tert-OH is 1. The van der Waals surface area contributed by atoms with Crippen LogP contribution in [0, 0.1) is 5.41 Å². The second kappa shape index (κ2) is 6.15. The zero-order valence-electron chi connectivity index (χ0n) is 13.1. The zero-order chi connectivity index (χ0) is 15.6. The van der Waals surface area contributed by atoms with E-state index in [1.54, 1.807) is 6.20 Å². The average molecular weight is 294 g/mol. The molecule has 2 unspecified atom stereocenters. The minimum absolute atomic E-state index is 0.0258. The third-order valence-corrected chi connectivity index (χ3v) is 4.11. The van der Waals surface area contributed by atoms with Gasteiger partial charge in [-0.3, -0.25) is 9.48 Å². The molecule has 0 fully saturated rings. The van der Waals surface area contributed by atoms with Gasteiger partial charge in [0.15, 0.2) is 0 Å². The number of nitrogens with zero attached hydrogens (tertiary/aromatic N) is 2. The first-order chi connectivity index (χ1) is 9.84. The third kappa shape index (κ3) is 3.44. The maximum Gasteiger partial charge on any atom is 0.237 e. The number of carbonyl (C=O) groups is 1. The number of hydrogen-bond donors (Lipinski definition) is 3. The molecule has 21 heavy (non-hydrogen) atoms. The summed E-state index contributed by atoms with van der Waals surface area (Å²) in [4.78, 5) is 12.3. The highest BCUT2D eigenvalue weighted by Gasteiger charge is 2.31. The van der Waals surface area contributed by atoms with Gasteiger partial charge in [-0.15, -0.1) is 0 Å². The lowest BCUT2D eigenvalue weighted by molar-refractivity contribution is -0.125. The Bertz CT molecular complexity index is 504. The van der Waals surface area contributed by atoms with Crippen molar-refractivity contribution < 1.29 is 9.90 Å². The standard InChI is InChI=1S/C15H26N4O2/c1-15(2,3)13(16)14(21)18-11-5-4-6-12-10(11)9-17-19(12)7-8-20/h9,11,13,20H,4-8,16H2,1-3H3,(H,18,21). The smallest absolute Gasteiger partial charge is 0.237 e. The van der Waals surface area contributed by atoms with E-state index in [2.05, 4.69) is 10.4 Å². The summed E-state index contributed by atoms with van der Waals surface area (Å²) in [7, 11) is 0. The number of carbonyl (C=O) groups excluding carboxylic acids is 1. The highest BCUT2D eigenvalue weighted by atomic mass is 16.3. The molecule has 1 aliphatic carbocycles. The Morgan fingerprint density at radius 1 is 1.62 bits per heavy atom. The van der Waals surface area contributed by atoms with Crippen LogP contribution in [0.15, 0.2) is 6.20 Å². The van der Waals surface area contributed by atoms with Crippen LogP contribution >= 0.6 is 0 Å². The number of aliphatic hydroxyl groups is 1. The number of fused-ring (bicyclic) bond motifs is 1. The maximum atomic E-state index is 12.3. The lowest BCUT2D eigenvalue weighted by Crippen LogP contribution is -2.49. The van der Waals surface area contributed by atoms with E-state index in [4.69, 9.17) is 10.8 Å². The normalized spacial score (nSPS) is 20.0. The molecule has 6 heteroatoms. The number of rotatable bonds is 4. The SMILES string of the molecule is CC(C)(C)C(N)C(=O)NC1CCCc2c1cnn2CCO. The topological polar surface area (TPSA) is 93.2 Å². The fourth-order valence-corrected chi connectivity index (χ4v) is 2.71. The van der Waals surface area contributed by atoms with Gasteiger partial charge in [0.05, 0.1) is 31.4 Å². The highest BCUT2D eigenvalue weighted by Crippen LogP contribution is 2.30.